The van der Waals surface area contributed by atoms with E-state index in [0.29, 0.717) is 5.69 Å². The van der Waals surface area contributed by atoms with Gasteiger partial charge in [0, 0.05) is 34.9 Å². The summed E-state index contributed by atoms with van der Waals surface area (Å²) in [5.74, 6) is 0.0480. The maximum absolute atomic E-state index is 12.4. The molecular weight excluding hydrogens is 429 g/mol. The van der Waals surface area contributed by atoms with Gasteiger partial charge in [-0.25, -0.2) is 4.98 Å². The summed E-state index contributed by atoms with van der Waals surface area (Å²) < 4.78 is 1.05. The third-order valence-electron chi connectivity index (χ3n) is 3.13. The fourth-order valence-corrected chi connectivity index (χ4v) is 4.42. The van der Waals surface area contributed by atoms with Crippen molar-refractivity contribution in [1.82, 2.24) is 15.2 Å². The van der Waals surface area contributed by atoms with Crippen LogP contribution in [0.2, 0.25) is 0 Å². The first-order valence-corrected chi connectivity index (χ1v) is 8.99. The highest BCUT2D eigenvalue weighted by molar-refractivity contribution is 9.10. The smallest absolute Gasteiger partial charge is 0.273 e. The largest absolute Gasteiger partial charge is 0.336 e. The van der Waals surface area contributed by atoms with Crippen molar-refractivity contribution in [2.24, 2.45) is 0 Å². The van der Waals surface area contributed by atoms with Gasteiger partial charge in [0.1, 0.15) is 10.7 Å². The predicted molar refractivity (Wildman–Crippen MR) is 101 cm³/mol. The van der Waals surface area contributed by atoms with E-state index in [9.17, 15) is 4.79 Å². The van der Waals surface area contributed by atoms with Crippen molar-refractivity contribution >= 4 is 69.3 Å². The minimum atomic E-state index is 0. The molecule has 122 valence electrons. The van der Waals surface area contributed by atoms with Crippen LogP contribution in [0.15, 0.2) is 21.3 Å². The second-order valence-corrected chi connectivity index (χ2v) is 7.25. The second-order valence-electron chi connectivity index (χ2n) is 4.56. The Morgan fingerprint density at radius 1 is 1.23 bits per heavy atom. The van der Waals surface area contributed by atoms with E-state index < -0.39 is 0 Å². The van der Waals surface area contributed by atoms with Gasteiger partial charge in [-0.05, 0) is 35.0 Å². The molecule has 0 aliphatic carbocycles. The van der Waals surface area contributed by atoms with Crippen LogP contribution in [0.3, 0.4) is 0 Å². The summed E-state index contributed by atoms with van der Waals surface area (Å²) >= 11 is 6.60. The molecule has 1 fully saturated rings. The lowest BCUT2D eigenvalue weighted by molar-refractivity contribution is 0.0761. The number of amides is 1. The number of halogens is 3. The lowest BCUT2D eigenvalue weighted by atomic mass is 10.3. The molecule has 2 aromatic rings. The van der Waals surface area contributed by atoms with Gasteiger partial charge in [-0.2, -0.15) is 0 Å². The quantitative estimate of drug-likeness (QED) is 0.763. The molecule has 0 saturated carbocycles. The Balaban J connectivity index is 0.00000121. The van der Waals surface area contributed by atoms with Gasteiger partial charge < -0.3 is 10.2 Å². The Labute approximate surface area is 158 Å². The van der Waals surface area contributed by atoms with Crippen molar-refractivity contribution in [2.75, 3.05) is 26.2 Å². The molecule has 1 saturated heterocycles. The first-order chi connectivity index (χ1) is 9.74. The number of nitrogens with zero attached hydrogens (tertiary/aromatic N) is 2. The van der Waals surface area contributed by atoms with Gasteiger partial charge >= 0.3 is 0 Å². The molecule has 1 N–H and O–H groups in total. The van der Waals surface area contributed by atoms with Gasteiger partial charge in [-0.3, -0.25) is 4.79 Å². The lowest BCUT2D eigenvalue weighted by Gasteiger charge is -2.18. The van der Waals surface area contributed by atoms with Crippen LogP contribution in [-0.2, 0) is 0 Å². The van der Waals surface area contributed by atoms with E-state index in [1.54, 1.807) is 11.3 Å². The van der Waals surface area contributed by atoms with Gasteiger partial charge in [-0.15, -0.1) is 47.5 Å². The Bertz CT molecular complexity index is 612. The van der Waals surface area contributed by atoms with Crippen LogP contribution in [0.1, 0.15) is 16.9 Å². The standard InChI is InChI=1S/C13H14BrN3OS2.2ClH/c14-9-6-11(19-7-9)12-16-10(8-20-12)13(18)17-4-1-2-15-3-5-17;;/h6-8,15H,1-5H2;2*1H. The van der Waals surface area contributed by atoms with Crippen LogP contribution in [0.25, 0.3) is 9.88 Å². The van der Waals surface area contributed by atoms with Crippen LogP contribution in [0.5, 0.6) is 0 Å². The zero-order valence-electron chi connectivity index (χ0n) is 11.6. The van der Waals surface area contributed by atoms with Crippen molar-refractivity contribution < 1.29 is 4.79 Å². The normalized spacial score (nSPS) is 14.7. The molecule has 3 rings (SSSR count). The molecule has 9 heteroatoms. The summed E-state index contributed by atoms with van der Waals surface area (Å²) in [4.78, 5) is 19.9. The van der Waals surface area contributed by atoms with Gasteiger partial charge in [-0.1, -0.05) is 0 Å². The Morgan fingerprint density at radius 3 is 2.77 bits per heavy atom. The molecule has 0 radical (unpaired) electrons. The van der Waals surface area contributed by atoms with Crippen molar-refractivity contribution in [3.05, 3.63) is 27.0 Å². The van der Waals surface area contributed by atoms with Gasteiger partial charge in [0.15, 0.2) is 0 Å². The lowest BCUT2D eigenvalue weighted by Crippen LogP contribution is -2.34. The monoisotopic (exact) mass is 443 g/mol. The maximum Gasteiger partial charge on any atom is 0.273 e. The highest BCUT2D eigenvalue weighted by Gasteiger charge is 2.20. The van der Waals surface area contributed by atoms with Gasteiger partial charge in [0.05, 0.1) is 4.88 Å². The molecular formula is C13H16BrCl2N3OS2. The van der Waals surface area contributed by atoms with Crippen LogP contribution >= 0.6 is 63.4 Å². The number of carbonyl (C=O) groups is 1. The number of carbonyl (C=O) groups excluding carboxylic acids is 1. The van der Waals surface area contributed by atoms with E-state index in [2.05, 4.69) is 26.2 Å². The summed E-state index contributed by atoms with van der Waals surface area (Å²) in [5.41, 5.74) is 0.566. The van der Waals surface area contributed by atoms with Crippen LogP contribution in [0.4, 0.5) is 0 Å². The zero-order chi connectivity index (χ0) is 13.9. The highest BCUT2D eigenvalue weighted by atomic mass is 79.9. The molecule has 4 nitrogen and oxygen atoms in total. The van der Waals surface area contributed by atoms with Crippen LogP contribution < -0.4 is 5.32 Å². The first kappa shape index (κ1) is 19.9. The average molecular weight is 445 g/mol. The van der Waals surface area contributed by atoms with Crippen molar-refractivity contribution in [3.8, 4) is 9.88 Å². The molecule has 0 spiro atoms. The summed E-state index contributed by atoms with van der Waals surface area (Å²) in [6, 6.07) is 2.04. The SMILES string of the molecule is Cl.Cl.O=C(c1csc(-c2cc(Br)cs2)n1)N1CCCNCC1. The fourth-order valence-electron chi connectivity index (χ4n) is 2.12. The van der Waals surface area contributed by atoms with Crippen molar-refractivity contribution in [2.45, 2.75) is 6.42 Å². The van der Waals surface area contributed by atoms with Crippen LogP contribution in [-0.4, -0.2) is 42.0 Å². The van der Waals surface area contributed by atoms with E-state index in [1.165, 1.54) is 11.3 Å². The number of hydrogen-bond donors (Lipinski definition) is 1. The number of aromatic nitrogens is 1. The number of nitrogens with one attached hydrogen (secondary N) is 1. The number of thiophene rings is 1. The summed E-state index contributed by atoms with van der Waals surface area (Å²) in [6.45, 7) is 3.41. The molecule has 2 aromatic heterocycles. The maximum atomic E-state index is 12.4. The molecule has 1 aliphatic rings. The van der Waals surface area contributed by atoms with E-state index in [1.807, 2.05) is 21.7 Å². The summed E-state index contributed by atoms with van der Waals surface area (Å²) in [7, 11) is 0. The molecule has 0 aromatic carbocycles. The van der Waals surface area contributed by atoms with Crippen LogP contribution in [0, 0.1) is 0 Å². The number of thiazole rings is 1. The van der Waals surface area contributed by atoms with Gasteiger partial charge in [0.25, 0.3) is 5.91 Å². The molecule has 1 amide bonds. The number of hydrogen-bond acceptors (Lipinski definition) is 5. The second kappa shape index (κ2) is 9.20. The Morgan fingerprint density at radius 2 is 2.05 bits per heavy atom. The third kappa shape index (κ3) is 4.66. The molecule has 0 unspecified atom stereocenters. The molecule has 0 bridgehead atoms. The minimum Gasteiger partial charge on any atom is -0.336 e. The molecule has 0 atom stereocenters. The van der Waals surface area contributed by atoms with Gasteiger partial charge in [0.2, 0.25) is 0 Å². The topological polar surface area (TPSA) is 45.2 Å². The van der Waals surface area contributed by atoms with E-state index >= 15 is 0 Å². The number of rotatable bonds is 2. The average Bonchev–Trinajstić information content (AvgIpc) is 3.00. The zero-order valence-corrected chi connectivity index (χ0v) is 16.4. The van der Waals surface area contributed by atoms with Crippen molar-refractivity contribution in [1.29, 1.82) is 0 Å². The summed E-state index contributed by atoms with van der Waals surface area (Å²) in [6.07, 6.45) is 1.00. The molecule has 1 aliphatic heterocycles. The van der Waals surface area contributed by atoms with Crippen molar-refractivity contribution in [3.63, 3.8) is 0 Å². The first-order valence-electron chi connectivity index (χ1n) is 6.44. The molecule has 22 heavy (non-hydrogen) atoms. The Hall–Kier alpha value is -0.180. The summed E-state index contributed by atoms with van der Waals surface area (Å²) in [5, 5.41) is 8.11. The third-order valence-corrected chi connectivity index (χ3v) is 5.83. The van der Waals surface area contributed by atoms with E-state index in [0.717, 1.165) is 47.0 Å². The van der Waals surface area contributed by atoms with E-state index in [-0.39, 0.29) is 30.7 Å². The predicted octanol–water partition coefficient (Wildman–Crippen LogP) is 3.91. The molecule has 3 heterocycles. The highest BCUT2D eigenvalue weighted by Crippen LogP contribution is 2.32. The Kier molecular flexibility index (Phi) is 8.31. The fraction of sp³-hybridized carbons (Fsp3) is 0.385. The minimum absolute atomic E-state index is 0. The van der Waals surface area contributed by atoms with E-state index in [4.69, 9.17) is 0 Å².